The first-order valence-electron chi connectivity index (χ1n) is 12.2. The van der Waals surface area contributed by atoms with Crippen LogP contribution in [0.3, 0.4) is 0 Å². The number of aliphatic hydroxyl groups is 1. The highest BCUT2D eigenvalue weighted by molar-refractivity contribution is 5.17. The van der Waals surface area contributed by atoms with Gasteiger partial charge in [-0.15, -0.1) is 0 Å². The maximum absolute atomic E-state index is 13.4. The molecule has 0 aliphatic carbocycles. The van der Waals surface area contributed by atoms with Crippen molar-refractivity contribution < 1.29 is 23.4 Å². The van der Waals surface area contributed by atoms with Crippen LogP contribution in [0.5, 0.6) is 0 Å². The second kappa shape index (κ2) is 14.9. The van der Waals surface area contributed by atoms with Gasteiger partial charge in [-0.3, -0.25) is 0 Å². The molecule has 5 heteroatoms. The molecule has 0 fully saturated rings. The minimum absolute atomic E-state index is 0.131. The Bertz CT molecular complexity index is 594. The standard InChI is InChI=1S/C26H44F2O3/c1-6-7-8-9-10-11-15-23(26(29,30-20(2)3)31-21(4)5)16-13-12-14-22-17-18-24(27)25(28)19-22/h17-21,23,29H,6-16H2,1-5H3. The van der Waals surface area contributed by atoms with E-state index in [-0.39, 0.29) is 18.1 Å². The summed E-state index contributed by atoms with van der Waals surface area (Å²) >= 11 is 0. The first kappa shape index (κ1) is 28.0. The lowest BCUT2D eigenvalue weighted by Crippen LogP contribution is -2.47. The van der Waals surface area contributed by atoms with E-state index in [0.717, 1.165) is 44.1 Å². The zero-order valence-corrected chi connectivity index (χ0v) is 20.3. The summed E-state index contributed by atoms with van der Waals surface area (Å²) < 4.78 is 38.3. The SMILES string of the molecule is CCCCCCCCC(CCCCc1ccc(F)c(F)c1)C(O)(OC(C)C)OC(C)C. The second-order valence-electron chi connectivity index (χ2n) is 9.21. The van der Waals surface area contributed by atoms with Crippen molar-refractivity contribution in [3.05, 3.63) is 35.4 Å². The first-order chi connectivity index (χ1) is 14.7. The van der Waals surface area contributed by atoms with Crippen LogP contribution in [-0.4, -0.2) is 23.3 Å². The number of hydrogen-bond acceptors (Lipinski definition) is 3. The molecule has 1 aromatic carbocycles. The smallest absolute Gasteiger partial charge is 0.283 e. The first-order valence-corrected chi connectivity index (χ1v) is 12.2. The maximum atomic E-state index is 13.4. The fraction of sp³-hybridized carbons (Fsp3) is 0.769. The minimum atomic E-state index is -1.60. The molecule has 1 rings (SSSR count). The molecule has 0 amide bonds. The largest absolute Gasteiger partial charge is 0.343 e. The van der Waals surface area contributed by atoms with E-state index in [1.807, 2.05) is 27.7 Å². The lowest BCUT2D eigenvalue weighted by Gasteiger charge is -2.38. The van der Waals surface area contributed by atoms with Crippen LogP contribution in [0.1, 0.15) is 104 Å². The van der Waals surface area contributed by atoms with Crippen molar-refractivity contribution in [1.29, 1.82) is 0 Å². The minimum Gasteiger partial charge on any atom is -0.343 e. The molecule has 31 heavy (non-hydrogen) atoms. The van der Waals surface area contributed by atoms with E-state index in [1.54, 1.807) is 6.07 Å². The van der Waals surface area contributed by atoms with Crippen molar-refractivity contribution in [3.63, 3.8) is 0 Å². The van der Waals surface area contributed by atoms with Gasteiger partial charge in [0.05, 0.1) is 12.2 Å². The van der Waals surface area contributed by atoms with E-state index >= 15 is 0 Å². The molecule has 1 atom stereocenters. The molecule has 180 valence electrons. The molecule has 0 radical (unpaired) electrons. The number of ether oxygens (including phenoxy) is 2. The molecule has 0 aromatic heterocycles. The summed E-state index contributed by atoms with van der Waals surface area (Å²) in [6, 6.07) is 4.08. The van der Waals surface area contributed by atoms with Gasteiger partial charge in [-0.05, 0) is 71.1 Å². The molecule has 0 aliphatic heterocycles. The van der Waals surface area contributed by atoms with Crippen LogP contribution >= 0.6 is 0 Å². The molecular formula is C26H44F2O3. The fourth-order valence-corrected chi connectivity index (χ4v) is 3.99. The third kappa shape index (κ3) is 11.4. The Hall–Kier alpha value is -1.04. The summed E-state index contributed by atoms with van der Waals surface area (Å²) in [6.07, 6.45) is 10.8. The summed E-state index contributed by atoms with van der Waals surface area (Å²) in [7, 11) is 0. The fourth-order valence-electron chi connectivity index (χ4n) is 3.99. The molecule has 1 unspecified atom stereocenters. The van der Waals surface area contributed by atoms with Crippen LogP contribution in [0.4, 0.5) is 8.78 Å². The van der Waals surface area contributed by atoms with Gasteiger partial charge in [-0.1, -0.05) is 57.9 Å². The van der Waals surface area contributed by atoms with Crippen LogP contribution in [0.2, 0.25) is 0 Å². The molecule has 0 saturated carbocycles. The highest BCUT2D eigenvalue weighted by Gasteiger charge is 2.40. The Morgan fingerprint density at radius 1 is 0.806 bits per heavy atom. The Kier molecular flexibility index (Phi) is 13.5. The normalized spacial score (nSPS) is 13.4. The predicted octanol–water partition coefficient (Wildman–Crippen LogP) is 7.54. The lowest BCUT2D eigenvalue weighted by atomic mass is 9.91. The van der Waals surface area contributed by atoms with Crippen molar-refractivity contribution in [2.75, 3.05) is 0 Å². The van der Waals surface area contributed by atoms with Gasteiger partial charge in [-0.2, -0.15) is 0 Å². The van der Waals surface area contributed by atoms with E-state index in [2.05, 4.69) is 6.92 Å². The van der Waals surface area contributed by atoms with Crippen molar-refractivity contribution in [2.24, 2.45) is 5.92 Å². The van der Waals surface area contributed by atoms with Crippen LogP contribution in [0, 0.1) is 17.6 Å². The summed E-state index contributed by atoms with van der Waals surface area (Å²) in [5, 5.41) is 11.3. The summed E-state index contributed by atoms with van der Waals surface area (Å²) in [4.78, 5) is 0. The molecule has 1 aromatic rings. The van der Waals surface area contributed by atoms with Crippen LogP contribution < -0.4 is 0 Å². The van der Waals surface area contributed by atoms with Crippen molar-refractivity contribution >= 4 is 0 Å². The summed E-state index contributed by atoms with van der Waals surface area (Å²) in [6.45, 7) is 9.82. The summed E-state index contributed by atoms with van der Waals surface area (Å²) in [5.74, 6) is -3.35. The van der Waals surface area contributed by atoms with E-state index < -0.39 is 17.6 Å². The summed E-state index contributed by atoms with van der Waals surface area (Å²) in [5.41, 5.74) is 0.790. The molecule has 0 saturated heterocycles. The van der Waals surface area contributed by atoms with Gasteiger partial charge in [-0.25, -0.2) is 8.78 Å². The molecule has 1 N–H and O–H groups in total. The van der Waals surface area contributed by atoms with E-state index in [0.29, 0.717) is 6.42 Å². The zero-order chi connectivity index (χ0) is 23.3. The molecule has 0 bridgehead atoms. The molecular weight excluding hydrogens is 398 g/mol. The van der Waals surface area contributed by atoms with Gasteiger partial charge in [0.2, 0.25) is 0 Å². The Morgan fingerprint density at radius 3 is 1.90 bits per heavy atom. The van der Waals surface area contributed by atoms with Gasteiger partial charge >= 0.3 is 0 Å². The third-order valence-corrected chi connectivity index (χ3v) is 5.48. The topological polar surface area (TPSA) is 38.7 Å². The highest BCUT2D eigenvalue weighted by Crippen LogP contribution is 2.33. The highest BCUT2D eigenvalue weighted by atomic mass is 19.2. The van der Waals surface area contributed by atoms with Gasteiger partial charge in [0, 0.05) is 5.92 Å². The zero-order valence-electron chi connectivity index (χ0n) is 20.3. The second-order valence-corrected chi connectivity index (χ2v) is 9.21. The Balaban J connectivity index is 2.69. The number of rotatable bonds is 17. The predicted molar refractivity (Wildman–Crippen MR) is 123 cm³/mol. The average molecular weight is 443 g/mol. The van der Waals surface area contributed by atoms with Crippen LogP contribution in [-0.2, 0) is 15.9 Å². The van der Waals surface area contributed by atoms with Gasteiger partial charge in [0.25, 0.3) is 5.97 Å². The quantitative estimate of drug-likeness (QED) is 0.200. The third-order valence-electron chi connectivity index (χ3n) is 5.48. The molecule has 3 nitrogen and oxygen atoms in total. The monoisotopic (exact) mass is 442 g/mol. The molecule has 0 aliphatic rings. The van der Waals surface area contributed by atoms with Gasteiger partial charge < -0.3 is 14.6 Å². The molecule has 0 spiro atoms. The van der Waals surface area contributed by atoms with E-state index in [1.165, 1.54) is 37.8 Å². The number of aryl methyl sites for hydroxylation is 1. The Labute approximate surface area is 188 Å². The average Bonchev–Trinajstić information content (AvgIpc) is 2.67. The number of benzene rings is 1. The van der Waals surface area contributed by atoms with Crippen molar-refractivity contribution in [1.82, 2.24) is 0 Å². The Morgan fingerprint density at radius 2 is 1.35 bits per heavy atom. The maximum Gasteiger partial charge on any atom is 0.283 e. The number of unbranched alkanes of at least 4 members (excludes halogenated alkanes) is 6. The van der Waals surface area contributed by atoms with Crippen molar-refractivity contribution in [2.45, 2.75) is 123 Å². The van der Waals surface area contributed by atoms with Gasteiger partial charge in [0.15, 0.2) is 11.6 Å². The number of halogens is 2. The number of hydrogen-bond donors (Lipinski definition) is 1. The lowest BCUT2D eigenvalue weighted by molar-refractivity contribution is -0.407. The van der Waals surface area contributed by atoms with E-state index in [9.17, 15) is 13.9 Å². The molecule has 0 heterocycles. The van der Waals surface area contributed by atoms with Crippen LogP contribution in [0.25, 0.3) is 0 Å². The van der Waals surface area contributed by atoms with E-state index in [4.69, 9.17) is 9.47 Å². The van der Waals surface area contributed by atoms with Crippen molar-refractivity contribution in [3.8, 4) is 0 Å². The van der Waals surface area contributed by atoms with Crippen LogP contribution in [0.15, 0.2) is 18.2 Å². The van der Waals surface area contributed by atoms with Gasteiger partial charge in [0.1, 0.15) is 0 Å².